The number of hydrogen-bond donors (Lipinski definition) is 1. The molecular weight excluding hydrogens is 228 g/mol. The van der Waals surface area contributed by atoms with Gasteiger partial charge in [0.2, 0.25) is 0 Å². The van der Waals surface area contributed by atoms with Gasteiger partial charge < -0.3 is 10.1 Å². The SMILES string of the molecule is COCCNCC(=O)Cc1cc(F)ccc1F. The molecule has 0 aliphatic rings. The van der Waals surface area contributed by atoms with Crippen molar-refractivity contribution in [3.63, 3.8) is 0 Å². The highest BCUT2D eigenvalue weighted by molar-refractivity contribution is 5.82. The van der Waals surface area contributed by atoms with Crippen LogP contribution in [0.25, 0.3) is 0 Å². The molecule has 5 heteroatoms. The number of nitrogens with one attached hydrogen (secondary N) is 1. The summed E-state index contributed by atoms with van der Waals surface area (Å²) in [5, 5.41) is 2.85. The fourth-order valence-corrected chi connectivity index (χ4v) is 1.36. The van der Waals surface area contributed by atoms with Crippen molar-refractivity contribution < 1.29 is 18.3 Å². The van der Waals surface area contributed by atoms with E-state index < -0.39 is 11.6 Å². The lowest BCUT2D eigenvalue weighted by atomic mass is 10.1. The Morgan fingerprint density at radius 3 is 2.88 bits per heavy atom. The van der Waals surface area contributed by atoms with E-state index in [1.165, 1.54) is 0 Å². The van der Waals surface area contributed by atoms with Gasteiger partial charge in [-0.25, -0.2) is 8.78 Å². The van der Waals surface area contributed by atoms with Crippen LogP contribution in [0.5, 0.6) is 0 Å². The predicted octanol–water partition coefficient (Wildman–Crippen LogP) is 1.31. The summed E-state index contributed by atoms with van der Waals surface area (Å²) in [6.07, 6.45) is -0.108. The van der Waals surface area contributed by atoms with Gasteiger partial charge in [0, 0.05) is 20.1 Å². The summed E-state index contributed by atoms with van der Waals surface area (Å²) in [5.41, 5.74) is 0.0866. The number of benzene rings is 1. The van der Waals surface area contributed by atoms with Crippen molar-refractivity contribution >= 4 is 5.78 Å². The summed E-state index contributed by atoms with van der Waals surface area (Å²) < 4.78 is 30.8. The Balaban J connectivity index is 2.42. The lowest BCUT2D eigenvalue weighted by Crippen LogP contribution is -2.27. The topological polar surface area (TPSA) is 38.3 Å². The molecule has 0 heterocycles. The third-order valence-corrected chi connectivity index (χ3v) is 2.20. The minimum atomic E-state index is -0.559. The first-order valence-electron chi connectivity index (χ1n) is 5.28. The smallest absolute Gasteiger partial charge is 0.151 e. The van der Waals surface area contributed by atoms with Gasteiger partial charge in [0.05, 0.1) is 13.2 Å². The molecule has 94 valence electrons. The highest BCUT2D eigenvalue weighted by Gasteiger charge is 2.09. The Morgan fingerprint density at radius 2 is 2.18 bits per heavy atom. The molecule has 0 unspecified atom stereocenters. The van der Waals surface area contributed by atoms with Gasteiger partial charge in [0.1, 0.15) is 11.6 Å². The zero-order chi connectivity index (χ0) is 12.7. The van der Waals surface area contributed by atoms with E-state index in [4.69, 9.17) is 4.74 Å². The first kappa shape index (κ1) is 13.7. The highest BCUT2D eigenvalue weighted by atomic mass is 19.1. The van der Waals surface area contributed by atoms with Crippen molar-refractivity contribution in [1.82, 2.24) is 5.32 Å². The van der Waals surface area contributed by atoms with Crippen molar-refractivity contribution in [1.29, 1.82) is 0 Å². The van der Waals surface area contributed by atoms with Crippen molar-refractivity contribution in [3.05, 3.63) is 35.4 Å². The number of rotatable bonds is 7. The van der Waals surface area contributed by atoms with Crippen LogP contribution in [0, 0.1) is 11.6 Å². The largest absolute Gasteiger partial charge is 0.383 e. The summed E-state index contributed by atoms with van der Waals surface area (Å²) in [6.45, 7) is 1.18. The van der Waals surface area contributed by atoms with Crippen molar-refractivity contribution in [3.8, 4) is 0 Å². The number of ketones is 1. The highest BCUT2D eigenvalue weighted by Crippen LogP contribution is 2.10. The average Bonchev–Trinajstić information content (AvgIpc) is 2.29. The van der Waals surface area contributed by atoms with Gasteiger partial charge >= 0.3 is 0 Å². The molecular formula is C12H15F2NO2. The van der Waals surface area contributed by atoms with Crippen LogP contribution >= 0.6 is 0 Å². The van der Waals surface area contributed by atoms with E-state index in [2.05, 4.69) is 5.32 Å². The first-order chi connectivity index (χ1) is 8.13. The van der Waals surface area contributed by atoms with Gasteiger partial charge in [0.25, 0.3) is 0 Å². The number of ether oxygens (including phenoxy) is 1. The van der Waals surface area contributed by atoms with E-state index in [0.717, 1.165) is 18.2 Å². The summed E-state index contributed by atoms with van der Waals surface area (Å²) in [7, 11) is 1.56. The van der Waals surface area contributed by atoms with Gasteiger partial charge in [-0.2, -0.15) is 0 Å². The van der Waals surface area contributed by atoms with Gasteiger partial charge in [-0.15, -0.1) is 0 Å². The van der Waals surface area contributed by atoms with Crippen LogP contribution in [0.1, 0.15) is 5.56 Å². The molecule has 0 amide bonds. The number of hydrogen-bond acceptors (Lipinski definition) is 3. The number of Topliss-reactive ketones (excluding diaryl/α,β-unsaturated/α-hetero) is 1. The van der Waals surface area contributed by atoms with Crippen molar-refractivity contribution in [2.75, 3.05) is 26.8 Å². The van der Waals surface area contributed by atoms with Crippen LogP contribution in [0.4, 0.5) is 8.78 Å². The molecule has 1 aromatic carbocycles. The zero-order valence-electron chi connectivity index (χ0n) is 9.63. The maximum Gasteiger partial charge on any atom is 0.151 e. The molecule has 0 spiro atoms. The van der Waals surface area contributed by atoms with Gasteiger partial charge in [0.15, 0.2) is 5.78 Å². The second-order valence-electron chi connectivity index (χ2n) is 3.62. The van der Waals surface area contributed by atoms with Crippen LogP contribution in [0.15, 0.2) is 18.2 Å². The second-order valence-corrected chi connectivity index (χ2v) is 3.62. The second kappa shape index (κ2) is 7.09. The van der Waals surface area contributed by atoms with Crippen LogP contribution in [-0.2, 0) is 16.0 Å². The number of methoxy groups -OCH3 is 1. The number of carbonyl (C=O) groups excluding carboxylic acids is 1. The maximum atomic E-state index is 13.2. The molecule has 1 rings (SSSR count). The summed E-state index contributed by atoms with van der Waals surface area (Å²) in [4.78, 5) is 11.4. The molecule has 0 saturated carbocycles. The quantitative estimate of drug-likeness (QED) is 0.734. The molecule has 0 aliphatic heterocycles. The fraction of sp³-hybridized carbons (Fsp3) is 0.417. The summed E-state index contributed by atoms with van der Waals surface area (Å²) in [5.74, 6) is -1.29. The number of carbonyl (C=O) groups is 1. The Bertz CT molecular complexity index is 383. The lowest BCUT2D eigenvalue weighted by molar-refractivity contribution is -0.117. The molecule has 0 radical (unpaired) electrons. The zero-order valence-corrected chi connectivity index (χ0v) is 9.63. The van der Waals surface area contributed by atoms with E-state index in [9.17, 15) is 13.6 Å². The minimum absolute atomic E-state index is 0.0866. The van der Waals surface area contributed by atoms with Crippen molar-refractivity contribution in [2.24, 2.45) is 0 Å². The molecule has 0 atom stereocenters. The summed E-state index contributed by atoms with van der Waals surface area (Å²) >= 11 is 0. The van der Waals surface area contributed by atoms with E-state index in [1.807, 2.05) is 0 Å². The van der Waals surface area contributed by atoms with Crippen LogP contribution in [0.2, 0.25) is 0 Å². The monoisotopic (exact) mass is 243 g/mol. The van der Waals surface area contributed by atoms with Gasteiger partial charge in [-0.1, -0.05) is 0 Å². The number of halogens is 2. The van der Waals surface area contributed by atoms with E-state index in [0.29, 0.717) is 13.2 Å². The Labute approximate surface area is 98.8 Å². The van der Waals surface area contributed by atoms with E-state index in [1.54, 1.807) is 7.11 Å². The Kier molecular flexibility index (Phi) is 5.72. The molecule has 0 bridgehead atoms. The fourth-order valence-electron chi connectivity index (χ4n) is 1.36. The van der Waals surface area contributed by atoms with E-state index in [-0.39, 0.29) is 24.3 Å². The Morgan fingerprint density at radius 1 is 1.41 bits per heavy atom. The molecule has 3 nitrogen and oxygen atoms in total. The standard InChI is InChI=1S/C12H15F2NO2/c1-17-5-4-15-8-11(16)7-9-6-10(13)2-3-12(9)14/h2-3,6,15H,4-5,7-8H2,1H3. The van der Waals surface area contributed by atoms with Crippen LogP contribution < -0.4 is 5.32 Å². The third-order valence-electron chi connectivity index (χ3n) is 2.20. The van der Waals surface area contributed by atoms with Crippen LogP contribution in [-0.4, -0.2) is 32.6 Å². The molecule has 1 N–H and O–H groups in total. The first-order valence-corrected chi connectivity index (χ1v) is 5.28. The molecule has 1 aromatic rings. The minimum Gasteiger partial charge on any atom is -0.383 e. The molecule has 17 heavy (non-hydrogen) atoms. The van der Waals surface area contributed by atoms with E-state index >= 15 is 0 Å². The lowest BCUT2D eigenvalue weighted by Gasteiger charge is -2.05. The molecule has 0 aliphatic carbocycles. The van der Waals surface area contributed by atoms with Crippen LogP contribution in [0.3, 0.4) is 0 Å². The molecule has 0 fully saturated rings. The molecule has 0 saturated heterocycles. The van der Waals surface area contributed by atoms with Gasteiger partial charge in [-0.3, -0.25) is 4.79 Å². The van der Waals surface area contributed by atoms with Crippen molar-refractivity contribution in [2.45, 2.75) is 6.42 Å². The summed E-state index contributed by atoms with van der Waals surface area (Å²) in [6, 6.07) is 3.10. The van der Waals surface area contributed by atoms with Gasteiger partial charge in [-0.05, 0) is 23.8 Å². The normalized spacial score (nSPS) is 10.5. The maximum absolute atomic E-state index is 13.2. The average molecular weight is 243 g/mol. The predicted molar refractivity (Wildman–Crippen MR) is 59.8 cm³/mol. The molecule has 0 aromatic heterocycles. The Hall–Kier alpha value is -1.33. The third kappa shape index (κ3) is 5.01.